The molecule has 0 unspecified atom stereocenters. The molecule has 0 aromatic heterocycles. The second-order valence-corrected chi connectivity index (χ2v) is 4.62. The summed E-state index contributed by atoms with van der Waals surface area (Å²) in [6.07, 6.45) is 0. The highest BCUT2D eigenvalue weighted by atomic mass is 35.5. The molecular weight excluding hydrogens is 212 g/mol. The molecule has 3 N–H and O–H groups in total. The summed E-state index contributed by atoms with van der Waals surface area (Å²) >= 11 is 6.07. The molecule has 0 amide bonds. The Morgan fingerprint density at radius 1 is 1.53 bits per heavy atom. The van der Waals surface area contributed by atoms with Crippen molar-refractivity contribution in [2.45, 2.75) is 26.0 Å². The van der Waals surface area contributed by atoms with E-state index in [-0.39, 0.29) is 0 Å². The van der Waals surface area contributed by atoms with Crippen molar-refractivity contribution in [3.63, 3.8) is 0 Å². The lowest BCUT2D eigenvalue weighted by atomic mass is 9.77. The molecule has 0 atom stereocenters. The fourth-order valence-electron chi connectivity index (χ4n) is 1.93. The van der Waals surface area contributed by atoms with Crippen LogP contribution in [0.1, 0.15) is 25.0 Å². The van der Waals surface area contributed by atoms with E-state index in [1.807, 2.05) is 26.0 Å². The van der Waals surface area contributed by atoms with Crippen LogP contribution in [-0.4, -0.2) is 12.1 Å². The summed E-state index contributed by atoms with van der Waals surface area (Å²) in [7, 11) is -0.877. The van der Waals surface area contributed by atoms with Crippen molar-refractivity contribution in [1.29, 1.82) is 0 Å². The summed E-state index contributed by atoms with van der Waals surface area (Å²) in [5.74, 6) is 0. The Morgan fingerprint density at radius 3 is 2.80 bits per heavy atom. The van der Waals surface area contributed by atoms with Crippen molar-refractivity contribution < 1.29 is 9.68 Å². The van der Waals surface area contributed by atoms with E-state index in [0.29, 0.717) is 11.6 Å². The Kier molecular flexibility index (Phi) is 2.55. The number of nitrogens with two attached hydrogens (primary N) is 1. The average molecular weight is 225 g/mol. The van der Waals surface area contributed by atoms with Gasteiger partial charge in [-0.05, 0) is 36.5 Å². The summed E-state index contributed by atoms with van der Waals surface area (Å²) in [6.45, 7) is 4.17. The van der Waals surface area contributed by atoms with Crippen LogP contribution in [0.5, 0.6) is 0 Å². The normalized spacial score (nSPS) is 18.1. The van der Waals surface area contributed by atoms with E-state index in [2.05, 4.69) is 0 Å². The van der Waals surface area contributed by atoms with Crippen LogP contribution in [0.3, 0.4) is 0 Å². The third-order valence-electron chi connectivity index (χ3n) is 2.76. The number of fused-ring (bicyclic) bond motifs is 1. The molecule has 0 bridgehead atoms. The van der Waals surface area contributed by atoms with Crippen LogP contribution in [0.25, 0.3) is 0 Å². The van der Waals surface area contributed by atoms with Crippen LogP contribution in [0, 0.1) is 0 Å². The average Bonchev–Trinajstić information content (AvgIpc) is 2.36. The van der Waals surface area contributed by atoms with E-state index >= 15 is 0 Å². The SMILES string of the molecule is CC1(C)OB(O)c2cc(CN)c(Cl)cc21. The maximum Gasteiger partial charge on any atom is 0.492 e. The number of halogens is 1. The van der Waals surface area contributed by atoms with Gasteiger partial charge >= 0.3 is 7.12 Å². The van der Waals surface area contributed by atoms with Crippen molar-refractivity contribution in [3.8, 4) is 0 Å². The third-order valence-corrected chi connectivity index (χ3v) is 3.11. The Labute approximate surface area is 94.3 Å². The Bertz CT molecular complexity index is 409. The van der Waals surface area contributed by atoms with Gasteiger partial charge in [-0.25, -0.2) is 0 Å². The molecule has 5 heteroatoms. The number of rotatable bonds is 1. The van der Waals surface area contributed by atoms with Crippen LogP contribution in [0.4, 0.5) is 0 Å². The van der Waals surface area contributed by atoms with Gasteiger partial charge in [0.2, 0.25) is 0 Å². The van der Waals surface area contributed by atoms with Crippen molar-refractivity contribution in [2.75, 3.05) is 0 Å². The van der Waals surface area contributed by atoms with Crippen molar-refractivity contribution in [3.05, 3.63) is 28.3 Å². The lowest BCUT2D eigenvalue weighted by molar-refractivity contribution is 0.101. The lowest BCUT2D eigenvalue weighted by Crippen LogP contribution is -2.29. The van der Waals surface area contributed by atoms with Crippen LogP contribution >= 0.6 is 11.6 Å². The van der Waals surface area contributed by atoms with Gasteiger partial charge in [0.05, 0.1) is 5.60 Å². The standard InChI is InChI=1S/C10H13BClNO2/c1-10(2)7-4-9(12)6(5-13)3-8(7)11(14)15-10/h3-4,14H,5,13H2,1-2H3. The van der Waals surface area contributed by atoms with Crippen molar-refractivity contribution in [1.82, 2.24) is 0 Å². The third kappa shape index (κ3) is 1.68. The van der Waals surface area contributed by atoms with E-state index in [4.69, 9.17) is 22.0 Å². The largest absolute Gasteiger partial charge is 0.492 e. The summed E-state index contributed by atoms with van der Waals surface area (Å²) in [5, 5.41) is 10.3. The van der Waals surface area contributed by atoms with Gasteiger partial charge in [-0.3, -0.25) is 0 Å². The zero-order valence-electron chi connectivity index (χ0n) is 8.75. The number of hydrogen-bond donors (Lipinski definition) is 2. The van der Waals surface area contributed by atoms with E-state index < -0.39 is 12.7 Å². The maximum absolute atomic E-state index is 9.72. The van der Waals surface area contributed by atoms with Gasteiger partial charge < -0.3 is 15.4 Å². The highest BCUT2D eigenvalue weighted by Crippen LogP contribution is 2.32. The van der Waals surface area contributed by atoms with E-state index in [1.54, 1.807) is 0 Å². The molecule has 0 saturated carbocycles. The van der Waals surface area contributed by atoms with Gasteiger partial charge in [-0.15, -0.1) is 0 Å². The van der Waals surface area contributed by atoms with Crippen LogP contribution in [0.2, 0.25) is 5.02 Å². The van der Waals surface area contributed by atoms with Gasteiger partial charge in [-0.1, -0.05) is 17.7 Å². The molecule has 1 aromatic carbocycles. The molecule has 1 heterocycles. The van der Waals surface area contributed by atoms with Crippen molar-refractivity contribution in [2.24, 2.45) is 5.73 Å². The first-order valence-corrected chi connectivity index (χ1v) is 5.22. The molecule has 1 aliphatic heterocycles. The van der Waals surface area contributed by atoms with Gasteiger partial charge in [0.25, 0.3) is 0 Å². The number of hydrogen-bond acceptors (Lipinski definition) is 3. The highest BCUT2D eigenvalue weighted by molar-refractivity contribution is 6.62. The zero-order valence-corrected chi connectivity index (χ0v) is 9.51. The topological polar surface area (TPSA) is 55.5 Å². The second kappa shape index (κ2) is 3.49. The number of benzene rings is 1. The van der Waals surface area contributed by atoms with Crippen LogP contribution < -0.4 is 11.2 Å². The van der Waals surface area contributed by atoms with Crippen LogP contribution in [-0.2, 0) is 16.8 Å². The molecule has 0 radical (unpaired) electrons. The predicted molar refractivity (Wildman–Crippen MR) is 61.1 cm³/mol. The molecule has 1 aliphatic rings. The molecule has 15 heavy (non-hydrogen) atoms. The molecule has 3 nitrogen and oxygen atoms in total. The van der Waals surface area contributed by atoms with E-state index in [0.717, 1.165) is 16.6 Å². The maximum atomic E-state index is 9.72. The van der Waals surface area contributed by atoms with Gasteiger partial charge in [0.15, 0.2) is 0 Å². The quantitative estimate of drug-likeness (QED) is 0.694. The molecular formula is C10H13BClNO2. The first kappa shape index (κ1) is 11.0. The molecule has 0 saturated heterocycles. The Balaban J connectivity index is 2.60. The minimum Gasteiger partial charge on any atom is -0.423 e. The van der Waals surface area contributed by atoms with Gasteiger partial charge in [0, 0.05) is 11.6 Å². The molecule has 2 rings (SSSR count). The molecule has 1 aromatic rings. The van der Waals surface area contributed by atoms with Gasteiger partial charge in [0.1, 0.15) is 0 Å². The first-order chi connectivity index (χ1) is 6.95. The smallest absolute Gasteiger partial charge is 0.423 e. The predicted octanol–water partition coefficient (Wildman–Crippen LogP) is 0.752. The monoisotopic (exact) mass is 225 g/mol. The zero-order chi connectivity index (χ0) is 11.2. The first-order valence-electron chi connectivity index (χ1n) is 4.84. The Morgan fingerprint density at radius 2 is 2.20 bits per heavy atom. The van der Waals surface area contributed by atoms with E-state index in [1.165, 1.54) is 0 Å². The highest BCUT2D eigenvalue weighted by Gasteiger charge is 2.40. The molecule has 0 aliphatic carbocycles. The fourth-order valence-corrected chi connectivity index (χ4v) is 2.17. The summed E-state index contributed by atoms with van der Waals surface area (Å²) in [4.78, 5) is 0. The van der Waals surface area contributed by atoms with Gasteiger partial charge in [-0.2, -0.15) is 0 Å². The van der Waals surface area contributed by atoms with E-state index in [9.17, 15) is 5.02 Å². The summed E-state index contributed by atoms with van der Waals surface area (Å²) in [6, 6.07) is 3.65. The lowest BCUT2D eigenvalue weighted by Gasteiger charge is -2.20. The fraction of sp³-hybridized carbons (Fsp3) is 0.400. The van der Waals surface area contributed by atoms with Crippen LogP contribution in [0.15, 0.2) is 12.1 Å². The summed E-state index contributed by atoms with van der Waals surface area (Å²) < 4.78 is 5.43. The Hall–Kier alpha value is -0.545. The second-order valence-electron chi connectivity index (χ2n) is 4.22. The minimum absolute atomic E-state index is 0.360. The van der Waals surface area contributed by atoms with Crippen molar-refractivity contribution >= 4 is 24.2 Å². The summed E-state index contributed by atoms with van der Waals surface area (Å²) in [5.41, 5.74) is 7.58. The molecule has 0 spiro atoms. The molecule has 0 fully saturated rings. The molecule has 80 valence electrons. The minimum atomic E-state index is -0.877.